The Morgan fingerprint density at radius 1 is 0.951 bits per heavy atom. The van der Waals surface area contributed by atoms with Crippen molar-refractivity contribution in [1.29, 1.82) is 0 Å². The molecule has 0 saturated carbocycles. The molecule has 4 nitrogen and oxygen atoms in total. The van der Waals surface area contributed by atoms with E-state index in [2.05, 4.69) is 107 Å². The van der Waals surface area contributed by atoms with Crippen LogP contribution in [0.4, 0.5) is 0 Å². The molecule has 1 unspecified atom stereocenters. The topological polar surface area (TPSA) is 40.6 Å². The van der Waals surface area contributed by atoms with Gasteiger partial charge < -0.3 is 13.9 Å². The summed E-state index contributed by atoms with van der Waals surface area (Å²) in [4.78, 5) is 5.56. The lowest BCUT2D eigenvalue weighted by Gasteiger charge is -2.46. The van der Waals surface area contributed by atoms with Gasteiger partial charge in [0.1, 0.15) is 6.10 Å². The maximum atomic E-state index is 7.37. The van der Waals surface area contributed by atoms with Crippen LogP contribution >= 0.6 is 0 Å². The predicted molar refractivity (Wildman–Crippen MR) is 171 cm³/mol. The first-order valence-corrected chi connectivity index (χ1v) is 18.9. The maximum absolute atomic E-state index is 7.37. The van der Waals surface area contributed by atoms with E-state index in [1.807, 2.05) is 0 Å². The number of nitrogens with zero attached hydrogens (tertiary/aromatic N) is 1. The van der Waals surface area contributed by atoms with Crippen LogP contribution in [0.5, 0.6) is 0 Å². The van der Waals surface area contributed by atoms with Gasteiger partial charge >= 0.3 is 0 Å². The lowest BCUT2D eigenvalue weighted by molar-refractivity contribution is -0.122. The van der Waals surface area contributed by atoms with Crippen molar-refractivity contribution in [3.8, 4) is 0 Å². The van der Waals surface area contributed by atoms with Crippen molar-refractivity contribution >= 4 is 8.32 Å². The summed E-state index contributed by atoms with van der Waals surface area (Å²) in [5, 5.41) is 0.132. The Kier molecular flexibility index (Phi) is 7.75. The van der Waals surface area contributed by atoms with Crippen molar-refractivity contribution in [3.05, 3.63) is 63.5 Å². The van der Waals surface area contributed by atoms with E-state index in [1.54, 1.807) is 0 Å². The predicted octanol–water partition coefficient (Wildman–Crippen LogP) is 9.66. The van der Waals surface area contributed by atoms with Gasteiger partial charge in [-0.25, -0.2) is 0 Å². The SMILES string of the molecule is CC(C)c1nc2c(c3c1[C@@H](c1ccc(C(C)(C)C)cc1)OC31CCOCC1)C(O[Si](C)(C)C(C)(C)C)CC(C)(C)C2. The molecule has 0 bridgehead atoms. The second-order valence-electron chi connectivity index (χ2n) is 16.7. The molecule has 2 aromatic rings. The first-order valence-electron chi connectivity index (χ1n) is 16.0. The summed E-state index contributed by atoms with van der Waals surface area (Å²) >= 11 is 0. The summed E-state index contributed by atoms with van der Waals surface area (Å²) in [5.74, 6) is 0.300. The lowest BCUT2D eigenvalue weighted by atomic mass is 9.70. The van der Waals surface area contributed by atoms with E-state index in [9.17, 15) is 0 Å². The monoisotopic (exact) mass is 577 g/mol. The smallest absolute Gasteiger partial charge is 0.192 e. The molecule has 1 aromatic carbocycles. The molecule has 3 heterocycles. The third-order valence-corrected chi connectivity index (χ3v) is 14.8. The molecule has 2 aliphatic heterocycles. The Balaban J connectivity index is 1.76. The van der Waals surface area contributed by atoms with Gasteiger partial charge in [-0.05, 0) is 64.4 Å². The minimum absolute atomic E-state index is 0.0300. The Hall–Kier alpha value is -1.53. The Labute approximate surface area is 251 Å². The minimum Gasteiger partial charge on any atom is -0.410 e. The van der Waals surface area contributed by atoms with E-state index in [0.717, 1.165) is 38.9 Å². The first kappa shape index (κ1) is 30.9. The van der Waals surface area contributed by atoms with Crippen molar-refractivity contribution in [2.24, 2.45) is 5.41 Å². The standard InChI is InChI=1S/C36H55NO3Si/c1-23(2)31-29-30(28-26(37-31)21-35(9,10)22-27(28)40-41(11,12)34(6,7)8)36(17-19-38-20-18-36)39-32(29)24-13-15-25(16-14-24)33(3,4)5/h13-16,23,27,32H,17-22H2,1-12H3/t27?,32-/m1/s1. The number of ether oxygens (including phenoxy) is 2. The van der Waals surface area contributed by atoms with Gasteiger partial charge in [-0.15, -0.1) is 0 Å². The van der Waals surface area contributed by atoms with Crippen LogP contribution in [-0.2, 0) is 31.3 Å². The van der Waals surface area contributed by atoms with Crippen LogP contribution in [0.1, 0.15) is 146 Å². The molecule has 1 saturated heterocycles. The number of benzene rings is 1. The fourth-order valence-corrected chi connectivity index (χ4v) is 8.19. The summed E-state index contributed by atoms with van der Waals surface area (Å²) in [6, 6.07) is 9.17. The molecule has 5 rings (SSSR count). The zero-order valence-electron chi connectivity index (χ0n) is 28.0. The van der Waals surface area contributed by atoms with Gasteiger partial charge in [0.05, 0.1) is 11.7 Å². The van der Waals surface area contributed by atoms with Crippen molar-refractivity contribution in [3.63, 3.8) is 0 Å². The van der Waals surface area contributed by atoms with Gasteiger partial charge in [0.25, 0.3) is 0 Å². The highest BCUT2D eigenvalue weighted by Crippen LogP contribution is 2.59. The van der Waals surface area contributed by atoms with Crippen LogP contribution in [0.15, 0.2) is 24.3 Å². The summed E-state index contributed by atoms with van der Waals surface area (Å²) in [7, 11) is -2.05. The second kappa shape index (κ2) is 10.3. The Bertz CT molecular complexity index is 1270. The minimum atomic E-state index is -2.05. The molecule has 0 radical (unpaired) electrons. The summed E-state index contributed by atoms with van der Waals surface area (Å²) < 4.78 is 20.7. The zero-order valence-corrected chi connectivity index (χ0v) is 29.0. The van der Waals surface area contributed by atoms with Gasteiger partial charge in [-0.2, -0.15) is 0 Å². The van der Waals surface area contributed by atoms with Crippen LogP contribution < -0.4 is 0 Å². The molecule has 226 valence electrons. The van der Waals surface area contributed by atoms with E-state index in [0.29, 0.717) is 5.92 Å². The first-order chi connectivity index (χ1) is 18.9. The summed E-state index contributed by atoms with van der Waals surface area (Å²) in [6.07, 6.45) is 3.64. The van der Waals surface area contributed by atoms with Crippen molar-refractivity contribution in [2.75, 3.05) is 13.2 Å². The third kappa shape index (κ3) is 5.61. The number of hydrogen-bond donors (Lipinski definition) is 0. The number of hydrogen-bond acceptors (Lipinski definition) is 4. The lowest BCUT2D eigenvalue weighted by Crippen LogP contribution is -2.45. The second-order valence-corrected chi connectivity index (χ2v) is 21.4. The highest BCUT2D eigenvalue weighted by atomic mass is 28.4. The molecular weight excluding hydrogens is 522 g/mol. The number of pyridine rings is 1. The Morgan fingerprint density at radius 3 is 2.10 bits per heavy atom. The van der Waals surface area contributed by atoms with Gasteiger partial charge in [0.15, 0.2) is 8.32 Å². The van der Waals surface area contributed by atoms with E-state index in [1.165, 1.54) is 39.2 Å². The summed E-state index contributed by atoms with van der Waals surface area (Å²) in [5.41, 5.74) is 8.95. The van der Waals surface area contributed by atoms with Crippen LogP contribution in [0, 0.1) is 5.41 Å². The molecule has 0 amide bonds. The molecule has 3 aliphatic rings. The largest absolute Gasteiger partial charge is 0.410 e. The average molecular weight is 578 g/mol. The molecule has 1 aromatic heterocycles. The van der Waals surface area contributed by atoms with Crippen molar-refractivity contribution < 1.29 is 13.9 Å². The molecule has 5 heteroatoms. The normalized spacial score (nSPS) is 24.0. The number of aromatic nitrogens is 1. The number of rotatable bonds is 4. The summed E-state index contributed by atoms with van der Waals surface area (Å²) in [6.45, 7) is 29.5. The van der Waals surface area contributed by atoms with Crippen molar-refractivity contribution in [2.45, 2.75) is 142 Å². The highest BCUT2D eigenvalue weighted by molar-refractivity contribution is 6.74. The maximum Gasteiger partial charge on any atom is 0.192 e. The molecule has 1 fully saturated rings. The van der Waals surface area contributed by atoms with E-state index in [-0.39, 0.29) is 33.7 Å². The average Bonchev–Trinajstić information content (AvgIpc) is 3.15. The van der Waals surface area contributed by atoms with Crippen LogP contribution in [-0.4, -0.2) is 26.5 Å². The molecule has 1 spiro atoms. The van der Waals surface area contributed by atoms with Gasteiger partial charge in [0.2, 0.25) is 0 Å². The highest BCUT2D eigenvalue weighted by Gasteiger charge is 2.53. The van der Waals surface area contributed by atoms with E-state index < -0.39 is 8.32 Å². The molecule has 2 atom stereocenters. The van der Waals surface area contributed by atoms with Gasteiger partial charge in [-0.3, -0.25) is 4.98 Å². The zero-order chi connectivity index (χ0) is 30.2. The molecule has 1 aliphatic carbocycles. The van der Waals surface area contributed by atoms with Crippen LogP contribution in [0.3, 0.4) is 0 Å². The third-order valence-electron chi connectivity index (χ3n) is 10.3. The van der Waals surface area contributed by atoms with E-state index >= 15 is 0 Å². The van der Waals surface area contributed by atoms with Crippen molar-refractivity contribution in [1.82, 2.24) is 4.98 Å². The van der Waals surface area contributed by atoms with Gasteiger partial charge in [-0.1, -0.05) is 93.5 Å². The Morgan fingerprint density at radius 2 is 1.56 bits per heavy atom. The van der Waals surface area contributed by atoms with Gasteiger partial charge in [0, 0.05) is 48.6 Å². The molecular formula is C36H55NO3Si. The number of fused-ring (bicyclic) bond motifs is 4. The fourth-order valence-electron chi connectivity index (χ4n) is 6.93. The molecule has 41 heavy (non-hydrogen) atoms. The molecule has 0 N–H and O–H groups in total. The van der Waals surface area contributed by atoms with Crippen LogP contribution in [0.25, 0.3) is 0 Å². The fraction of sp³-hybridized carbons (Fsp3) is 0.694. The van der Waals surface area contributed by atoms with E-state index in [4.69, 9.17) is 18.9 Å². The van der Waals surface area contributed by atoms with Crippen LogP contribution in [0.2, 0.25) is 18.1 Å². The quantitative estimate of drug-likeness (QED) is 0.339.